The smallest absolute Gasteiger partial charge is 0.361 e. The Bertz CT molecular complexity index is 1340. The predicted octanol–water partition coefficient (Wildman–Crippen LogP) is 5.56. The summed E-state index contributed by atoms with van der Waals surface area (Å²) in [4.78, 5) is 33.1. The van der Waals surface area contributed by atoms with E-state index in [1.54, 1.807) is 20.8 Å². The molecule has 1 N–H and O–H groups in total. The van der Waals surface area contributed by atoms with Crippen molar-refractivity contribution < 1.29 is 14.3 Å². The highest BCUT2D eigenvalue weighted by Crippen LogP contribution is 2.21. The molecule has 0 aliphatic carbocycles. The number of esters is 1. The summed E-state index contributed by atoms with van der Waals surface area (Å²) in [5.74, 6) is -0.492. The van der Waals surface area contributed by atoms with Gasteiger partial charge in [-0.3, -0.25) is 4.79 Å². The van der Waals surface area contributed by atoms with E-state index in [9.17, 15) is 9.59 Å². The first-order chi connectivity index (χ1) is 16.8. The number of ether oxygens (including phenoxy) is 2. The van der Waals surface area contributed by atoms with Gasteiger partial charge in [-0.05, 0) is 43.0 Å². The molecule has 0 unspecified atom stereocenters. The Kier molecular flexibility index (Phi) is 7.11. The Labute approximate surface area is 204 Å². The van der Waals surface area contributed by atoms with Crippen LogP contribution in [0.25, 0.3) is 11.1 Å². The Morgan fingerprint density at radius 2 is 1.43 bits per heavy atom. The van der Waals surface area contributed by atoms with Crippen LogP contribution in [-0.4, -0.2) is 21.5 Å². The van der Waals surface area contributed by atoms with Crippen molar-refractivity contribution >= 4 is 5.97 Å². The van der Waals surface area contributed by atoms with Crippen LogP contribution in [0, 0.1) is 0 Å². The van der Waals surface area contributed by atoms with E-state index in [4.69, 9.17) is 9.47 Å². The van der Waals surface area contributed by atoms with Crippen molar-refractivity contribution in [1.82, 2.24) is 9.97 Å². The van der Waals surface area contributed by atoms with Crippen LogP contribution < -0.4 is 10.3 Å². The number of benzene rings is 3. The molecule has 3 aromatic carbocycles. The zero-order chi connectivity index (χ0) is 24.8. The highest BCUT2D eigenvalue weighted by Gasteiger charge is 2.26. The van der Waals surface area contributed by atoms with E-state index in [1.165, 1.54) is 0 Å². The van der Waals surface area contributed by atoms with Crippen molar-refractivity contribution in [3.63, 3.8) is 0 Å². The summed E-state index contributed by atoms with van der Waals surface area (Å²) in [6.45, 7) is 5.41. The number of aromatic amines is 1. The Balaban J connectivity index is 1.61. The number of hydrogen-bond donors (Lipinski definition) is 1. The van der Waals surface area contributed by atoms with E-state index in [2.05, 4.69) is 22.1 Å². The summed E-state index contributed by atoms with van der Waals surface area (Å²) < 4.78 is 11.3. The summed E-state index contributed by atoms with van der Waals surface area (Å²) in [6.07, 6.45) is 0.346. The molecule has 35 heavy (non-hydrogen) atoms. The van der Waals surface area contributed by atoms with E-state index < -0.39 is 17.1 Å². The Morgan fingerprint density at radius 1 is 0.829 bits per heavy atom. The van der Waals surface area contributed by atoms with E-state index in [-0.39, 0.29) is 18.1 Å². The van der Waals surface area contributed by atoms with Gasteiger partial charge in [0.05, 0.1) is 0 Å². The molecular formula is C29H28N2O4. The third-order valence-electron chi connectivity index (χ3n) is 5.18. The van der Waals surface area contributed by atoms with Crippen molar-refractivity contribution in [3.8, 4) is 16.9 Å². The first kappa shape index (κ1) is 24.0. The number of rotatable bonds is 7. The van der Waals surface area contributed by atoms with Crippen LogP contribution in [0.3, 0.4) is 0 Å². The fourth-order valence-electron chi connectivity index (χ4n) is 3.56. The van der Waals surface area contributed by atoms with Crippen molar-refractivity contribution in [2.45, 2.75) is 39.4 Å². The molecule has 0 spiro atoms. The van der Waals surface area contributed by atoms with Gasteiger partial charge in [0.2, 0.25) is 5.75 Å². The molecule has 1 aromatic heterocycles. The molecule has 0 fully saturated rings. The number of nitrogens with zero attached hydrogens (tertiary/aromatic N) is 1. The topological polar surface area (TPSA) is 81.3 Å². The van der Waals surface area contributed by atoms with E-state index >= 15 is 0 Å². The molecule has 0 aliphatic rings. The summed E-state index contributed by atoms with van der Waals surface area (Å²) in [5, 5.41) is 0. The molecule has 4 aromatic rings. The monoisotopic (exact) mass is 468 g/mol. The van der Waals surface area contributed by atoms with Gasteiger partial charge >= 0.3 is 5.97 Å². The zero-order valence-corrected chi connectivity index (χ0v) is 20.1. The number of carbonyl (C=O) groups excluding carboxylic acids is 1. The van der Waals surface area contributed by atoms with Gasteiger partial charge in [0, 0.05) is 6.42 Å². The summed E-state index contributed by atoms with van der Waals surface area (Å²) in [7, 11) is 0. The average Bonchev–Trinajstić information content (AvgIpc) is 2.84. The van der Waals surface area contributed by atoms with E-state index in [1.807, 2.05) is 72.8 Å². The third-order valence-corrected chi connectivity index (χ3v) is 5.18. The quantitative estimate of drug-likeness (QED) is 0.359. The first-order valence-corrected chi connectivity index (χ1v) is 11.5. The van der Waals surface area contributed by atoms with Gasteiger partial charge < -0.3 is 14.5 Å². The molecule has 0 saturated carbocycles. The van der Waals surface area contributed by atoms with E-state index in [0.717, 1.165) is 22.3 Å². The number of H-pyrrole nitrogens is 1. The highest BCUT2D eigenvalue weighted by atomic mass is 16.6. The van der Waals surface area contributed by atoms with Gasteiger partial charge in [0.25, 0.3) is 5.56 Å². The van der Waals surface area contributed by atoms with Crippen LogP contribution >= 0.6 is 0 Å². The molecule has 4 rings (SSSR count). The fraction of sp³-hybridized carbons (Fsp3) is 0.207. The van der Waals surface area contributed by atoms with Gasteiger partial charge in [-0.2, -0.15) is 0 Å². The van der Waals surface area contributed by atoms with Crippen LogP contribution in [0.5, 0.6) is 5.75 Å². The van der Waals surface area contributed by atoms with Crippen molar-refractivity contribution in [2.75, 3.05) is 0 Å². The van der Waals surface area contributed by atoms with Crippen molar-refractivity contribution in [3.05, 3.63) is 118 Å². The summed E-state index contributed by atoms with van der Waals surface area (Å²) in [6, 6.07) is 27.5. The maximum absolute atomic E-state index is 13.0. The molecule has 0 bridgehead atoms. The molecule has 0 amide bonds. The molecule has 6 nitrogen and oxygen atoms in total. The van der Waals surface area contributed by atoms with Crippen LogP contribution in [0.2, 0.25) is 0 Å². The minimum absolute atomic E-state index is 0.127. The van der Waals surface area contributed by atoms with Crippen LogP contribution in [0.4, 0.5) is 0 Å². The molecule has 0 aliphatic heterocycles. The van der Waals surface area contributed by atoms with Gasteiger partial charge in [-0.25, -0.2) is 9.78 Å². The maximum atomic E-state index is 13.0. The predicted molar refractivity (Wildman–Crippen MR) is 135 cm³/mol. The molecule has 178 valence electrons. The molecular weight excluding hydrogens is 440 g/mol. The molecule has 0 atom stereocenters. The average molecular weight is 469 g/mol. The minimum atomic E-state index is -0.745. The minimum Gasteiger partial charge on any atom is -0.481 e. The SMILES string of the molecule is CC(C)(C)OC(=O)c1nc(Cc2ccc(-c3ccccc3)cc2)[nH]c(=O)c1OCc1ccccc1. The molecule has 1 heterocycles. The van der Waals surface area contributed by atoms with Gasteiger partial charge in [-0.15, -0.1) is 0 Å². The lowest BCUT2D eigenvalue weighted by molar-refractivity contribution is 0.00572. The van der Waals surface area contributed by atoms with Gasteiger partial charge in [0.1, 0.15) is 18.0 Å². The third kappa shape index (κ3) is 6.44. The lowest BCUT2D eigenvalue weighted by Crippen LogP contribution is -2.28. The number of hydrogen-bond acceptors (Lipinski definition) is 5. The zero-order valence-electron chi connectivity index (χ0n) is 20.1. The van der Waals surface area contributed by atoms with E-state index in [0.29, 0.717) is 12.2 Å². The maximum Gasteiger partial charge on any atom is 0.361 e. The van der Waals surface area contributed by atoms with Crippen LogP contribution in [-0.2, 0) is 17.8 Å². The Morgan fingerprint density at radius 3 is 2.06 bits per heavy atom. The number of carbonyl (C=O) groups is 1. The van der Waals surface area contributed by atoms with Crippen molar-refractivity contribution in [1.29, 1.82) is 0 Å². The summed E-state index contributed by atoms with van der Waals surface area (Å²) in [5.41, 5.74) is 2.63. The number of aromatic nitrogens is 2. The summed E-state index contributed by atoms with van der Waals surface area (Å²) >= 11 is 0. The normalized spacial score (nSPS) is 11.2. The van der Waals surface area contributed by atoms with Crippen molar-refractivity contribution in [2.24, 2.45) is 0 Å². The lowest BCUT2D eigenvalue weighted by Gasteiger charge is -2.20. The van der Waals surface area contributed by atoms with Crippen LogP contribution in [0.15, 0.2) is 89.7 Å². The number of nitrogens with one attached hydrogen (secondary N) is 1. The van der Waals surface area contributed by atoms with Gasteiger partial charge in [0.15, 0.2) is 5.69 Å². The highest BCUT2D eigenvalue weighted by molar-refractivity contribution is 5.90. The molecule has 0 radical (unpaired) electrons. The second-order valence-electron chi connectivity index (χ2n) is 9.21. The molecule has 0 saturated heterocycles. The standard InChI is InChI=1S/C29H28N2O4/c1-29(2,3)35-28(33)25-26(34-19-21-10-6-4-7-11-21)27(32)31-24(30-25)18-20-14-16-23(17-15-20)22-12-8-5-9-13-22/h4-17H,18-19H2,1-3H3,(H,30,31,32). The second kappa shape index (κ2) is 10.4. The fourth-order valence-corrected chi connectivity index (χ4v) is 3.56. The Hall–Kier alpha value is -4.19. The second-order valence-corrected chi connectivity index (χ2v) is 9.21. The van der Waals surface area contributed by atoms with Crippen LogP contribution in [0.1, 0.15) is 48.2 Å². The lowest BCUT2D eigenvalue weighted by atomic mass is 10.0. The molecule has 6 heteroatoms. The first-order valence-electron chi connectivity index (χ1n) is 11.5. The van der Waals surface area contributed by atoms with Gasteiger partial charge in [-0.1, -0.05) is 84.9 Å². The largest absolute Gasteiger partial charge is 0.481 e.